The maximum absolute atomic E-state index is 11.2. The maximum Gasteiger partial charge on any atom is 0.374 e. The summed E-state index contributed by atoms with van der Waals surface area (Å²) in [4.78, 5) is 23.9. The van der Waals surface area contributed by atoms with Gasteiger partial charge >= 0.3 is 5.97 Å². The topological polar surface area (TPSA) is 80.9 Å². The highest BCUT2D eigenvalue weighted by molar-refractivity contribution is 5.86. The lowest BCUT2D eigenvalue weighted by molar-refractivity contribution is 0.0684. The highest BCUT2D eigenvalue weighted by Crippen LogP contribution is 2.25. The van der Waals surface area contributed by atoms with Gasteiger partial charge in [0.25, 0.3) is 0 Å². The zero-order valence-electron chi connectivity index (χ0n) is 15.0. The molecule has 0 unspecified atom stereocenters. The van der Waals surface area contributed by atoms with Crippen LogP contribution in [-0.4, -0.2) is 30.6 Å². The van der Waals surface area contributed by atoms with Crippen LogP contribution >= 0.6 is 0 Å². The lowest BCUT2D eigenvalue weighted by atomic mass is 10.1. The molecule has 6 nitrogen and oxygen atoms in total. The van der Waals surface area contributed by atoms with Crippen molar-refractivity contribution in [3.05, 3.63) is 77.2 Å². The average Bonchev–Trinajstić information content (AvgIpc) is 3.01. The van der Waals surface area contributed by atoms with E-state index in [-0.39, 0.29) is 5.82 Å². The van der Waals surface area contributed by atoms with Gasteiger partial charge in [0.15, 0.2) is 5.65 Å². The van der Waals surface area contributed by atoms with Gasteiger partial charge in [0.1, 0.15) is 11.3 Å². The number of benzene rings is 2. The normalized spacial score (nSPS) is 11.0. The van der Waals surface area contributed by atoms with Gasteiger partial charge in [-0.1, -0.05) is 53.6 Å². The molecule has 0 radical (unpaired) electrons. The molecule has 2 aromatic heterocycles. The number of aromatic nitrogens is 4. The molecule has 0 atom stereocenters. The summed E-state index contributed by atoms with van der Waals surface area (Å²) in [7, 11) is 0. The number of aryl methyl sites for hydroxylation is 2. The van der Waals surface area contributed by atoms with Gasteiger partial charge in [0.05, 0.1) is 6.20 Å². The zero-order valence-corrected chi connectivity index (χ0v) is 15.0. The van der Waals surface area contributed by atoms with Gasteiger partial charge in [-0.15, -0.1) is 0 Å². The lowest BCUT2D eigenvalue weighted by Crippen LogP contribution is -2.05. The molecule has 4 rings (SSSR count). The first-order valence-electron chi connectivity index (χ1n) is 8.60. The maximum atomic E-state index is 11.2. The zero-order chi connectivity index (χ0) is 19.0. The van der Waals surface area contributed by atoms with E-state index in [9.17, 15) is 9.90 Å². The molecule has 2 aromatic carbocycles. The van der Waals surface area contributed by atoms with E-state index in [1.807, 2.05) is 29.7 Å². The molecular weight excluding hydrogens is 340 g/mol. The first-order valence-corrected chi connectivity index (χ1v) is 8.60. The summed E-state index contributed by atoms with van der Waals surface area (Å²) in [6, 6.07) is 16.3. The van der Waals surface area contributed by atoms with E-state index in [4.69, 9.17) is 0 Å². The molecule has 0 spiro atoms. The van der Waals surface area contributed by atoms with E-state index in [0.29, 0.717) is 17.7 Å². The van der Waals surface area contributed by atoms with Crippen LogP contribution in [0.15, 0.2) is 54.7 Å². The van der Waals surface area contributed by atoms with Crippen LogP contribution < -0.4 is 0 Å². The molecular formula is C21H18N4O2. The van der Waals surface area contributed by atoms with Crippen LogP contribution in [0.1, 0.15) is 27.3 Å². The fraction of sp³-hybridized carbons (Fsp3) is 0.143. The summed E-state index contributed by atoms with van der Waals surface area (Å²) in [5.74, 6) is -0.675. The number of carboxylic acids is 1. The Hall–Kier alpha value is -3.54. The number of fused-ring (bicyclic) bond motifs is 1. The molecule has 4 aromatic rings. The molecule has 0 saturated heterocycles. The highest BCUT2D eigenvalue weighted by Gasteiger charge is 2.17. The minimum Gasteiger partial charge on any atom is -0.475 e. The summed E-state index contributed by atoms with van der Waals surface area (Å²) < 4.78 is 2.03. The monoisotopic (exact) mass is 358 g/mol. The van der Waals surface area contributed by atoms with Crippen molar-refractivity contribution >= 4 is 17.1 Å². The predicted octanol–water partition coefficient (Wildman–Crippen LogP) is 3.86. The molecule has 27 heavy (non-hydrogen) atoms. The van der Waals surface area contributed by atoms with Crippen molar-refractivity contribution in [1.82, 2.24) is 19.5 Å². The van der Waals surface area contributed by atoms with Crippen molar-refractivity contribution in [2.45, 2.75) is 20.4 Å². The standard InChI is InChI=1S/C21H18N4O2/c1-13-6-8-15(9-7-13)12-25-17-11-22-19(21(26)27)23-18(17)24-20(25)16-5-3-4-14(2)10-16/h3-11H,12H2,1-2H3,(H,26,27). The van der Waals surface area contributed by atoms with Crippen LogP contribution in [0.4, 0.5) is 0 Å². The Bertz CT molecular complexity index is 1150. The molecule has 0 fully saturated rings. The van der Waals surface area contributed by atoms with E-state index >= 15 is 0 Å². The average molecular weight is 358 g/mol. The number of imidazole rings is 1. The second-order valence-electron chi connectivity index (χ2n) is 6.58. The van der Waals surface area contributed by atoms with E-state index in [1.165, 1.54) is 11.8 Å². The number of hydrogen-bond acceptors (Lipinski definition) is 4. The van der Waals surface area contributed by atoms with Gasteiger partial charge in [-0.2, -0.15) is 0 Å². The van der Waals surface area contributed by atoms with E-state index in [1.54, 1.807) is 0 Å². The fourth-order valence-corrected chi connectivity index (χ4v) is 3.06. The lowest BCUT2D eigenvalue weighted by Gasteiger charge is -2.10. The Kier molecular flexibility index (Phi) is 4.16. The first-order chi connectivity index (χ1) is 13.0. The van der Waals surface area contributed by atoms with Crippen LogP contribution in [0.5, 0.6) is 0 Å². The SMILES string of the molecule is Cc1ccc(Cn2c(-c3cccc(C)c3)nc3nc(C(=O)O)ncc32)cc1. The molecule has 1 N–H and O–H groups in total. The first kappa shape index (κ1) is 16.9. The smallest absolute Gasteiger partial charge is 0.374 e. The van der Waals surface area contributed by atoms with Crippen molar-refractivity contribution < 1.29 is 9.90 Å². The number of aromatic carboxylic acids is 1. The van der Waals surface area contributed by atoms with Gasteiger partial charge in [0, 0.05) is 12.1 Å². The van der Waals surface area contributed by atoms with Gasteiger partial charge in [-0.25, -0.2) is 19.7 Å². The third kappa shape index (κ3) is 3.29. The van der Waals surface area contributed by atoms with Crippen molar-refractivity contribution in [1.29, 1.82) is 0 Å². The number of carbonyl (C=O) groups is 1. The largest absolute Gasteiger partial charge is 0.475 e. The summed E-state index contributed by atoms with van der Waals surface area (Å²) in [5, 5.41) is 9.18. The quantitative estimate of drug-likeness (QED) is 0.599. The molecule has 0 saturated carbocycles. The van der Waals surface area contributed by atoms with Gasteiger partial charge in [-0.3, -0.25) is 0 Å². The molecule has 0 bridgehead atoms. The number of carboxylic acid groups (broad SMARTS) is 1. The third-order valence-electron chi connectivity index (χ3n) is 4.44. The second kappa shape index (κ2) is 6.64. The van der Waals surface area contributed by atoms with E-state index in [0.717, 1.165) is 22.5 Å². The second-order valence-corrected chi connectivity index (χ2v) is 6.58. The Labute approximate surface area is 156 Å². The van der Waals surface area contributed by atoms with Gasteiger partial charge in [0.2, 0.25) is 5.82 Å². The van der Waals surface area contributed by atoms with E-state index in [2.05, 4.69) is 52.2 Å². The number of nitrogens with zero attached hydrogens (tertiary/aromatic N) is 4. The van der Waals surface area contributed by atoms with Crippen molar-refractivity contribution in [2.24, 2.45) is 0 Å². The van der Waals surface area contributed by atoms with Crippen molar-refractivity contribution in [3.63, 3.8) is 0 Å². The highest BCUT2D eigenvalue weighted by atomic mass is 16.4. The minimum atomic E-state index is -1.16. The molecule has 6 heteroatoms. The molecule has 0 aliphatic carbocycles. The molecule has 134 valence electrons. The Balaban J connectivity index is 1.91. The molecule has 0 aliphatic rings. The van der Waals surface area contributed by atoms with Crippen LogP contribution in [0.25, 0.3) is 22.6 Å². The summed E-state index contributed by atoms with van der Waals surface area (Å²) in [6.45, 7) is 4.67. The van der Waals surface area contributed by atoms with Crippen LogP contribution in [0.3, 0.4) is 0 Å². The van der Waals surface area contributed by atoms with Crippen LogP contribution in [0.2, 0.25) is 0 Å². The van der Waals surface area contributed by atoms with Crippen molar-refractivity contribution in [2.75, 3.05) is 0 Å². The summed E-state index contributed by atoms with van der Waals surface area (Å²) >= 11 is 0. The summed E-state index contributed by atoms with van der Waals surface area (Å²) in [5.41, 5.74) is 5.48. The van der Waals surface area contributed by atoms with Crippen LogP contribution in [0, 0.1) is 13.8 Å². The van der Waals surface area contributed by atoms with Crippen LogP contribution in [-0.2, 0) is 6.54 Å². The molecule has 2 heterocycles. The third-order valence-corrected chi connectivity index (χ3v) is 4.44. The minimum absolute atomic E-state index is 0.252. The number of hydrogen-bond donors (Lipinski definition) is 1. The number of rotatable bonds is 4. The fourth-order valence-electron chi connectivity index (χ4n) is 3.06. The van der Waals surface area contributed by atoms with E-state index < -0.39 is 5.97 Å². The Morgan fingerprint density at radius 2 is 1.81 bits per heavy atom. The van der Waals surface area contributed by atoms with Gasteiger partial charge < -0.3 is 9.67 Å². The Morgan fingerprint density at radius 3 is 2.52 bits per heavy atom. The molecule has 0 amide bonds. The summed E-state index contributed by atoms with van der Waals surface area (Å²) in [6.07, 6.45) is 1.53. The van der Waals surface area contributed by atoms with Crippen molar-refractivity contribution in [3.8, 4) is 11.4 Å². The molecule has 0 aliphatic heterocycles. The Morgan fingerprint density at radius 1 is 1.04 bits per heavy atom. The van der Waals surface area contributed by atoms with Gasteiger partial charge in [-0.05, 0) is 25.5 Å². The predicted molar refractivity (Wildman–Crippen MR) is 103 cm³/mol.